The minimum atomic E-state index is -1.14. The smallest absolute Gasteiger partial charge is 0.244 e. The van der Waals surface area contributed by atoms with Gasteiger partial charge >= 0.3 is 0 Å². The second kappa shape index (κ2) is 5.68. The first-order chi connectivity index (χ1) is 8.34. The molecule has 1 atom stereocenters. The van der Waals surface area contributed by atoms with Crippen molar-refractivity contribution >= 4 is 39.1 Å². The summed E-state index contributed by atoms with van der Waals surface area (Å²) in [5.74, 6) is -0.981. The van der Waals surface area contributed by atoms with Crippen LogP contribution in [0.1, 0.15) is 20.3 Å². The molecule has 0 fully saturated rings. The number of rotatable bonds is 3. The number of nitrogens with one attached hydrogen (secondary N) is 1. The van der Waals surface area contributed by atoms with E-state index in [0.29, 0.717) is 10.9 Å². The quantitative estimate of drug-likeness (QED) is 0.904. The van der Waals surface area contributed by atoms with Gasteiger partial charge in [-0.25, -0.2) is 4.39 Å². The summed E-state index contributed by atoms with van der Waals surface area (Å²) >= 11 is 8.96. The maximum atomic E-state index is 13.0. The van der Waals surface area contributed by atoms with Crippen molar-refractivity contribution in [1.29, 1.82) is 5.26 Å². The van der Waals surface area contributed by atoms with Crippen molar-refractivity contribution in [3.63, 3.8) is 0 Å². The predicted octanol–water partition coefficient (Wildman–Crippen LogP) is 4.12. The summed E-state index contributed by atoms with van der Waals surface area (Å²) in [5, 5.41) is 11.6. The number of halogens is 3. The van der Waals surface area contributed by atoms with E-state index in [-0.39, 0.29) is 10.7 Å². The number of nitrogens with zero attached hydrogens (tertiary/aromatic N) is 1. The maximum absolute atomic E-state index is 13.0. The number of nitriles is 1. The largest absolute Gasteiger partial charge is 0.322 e. The van der Waals surface area contributed by atoms with Gasteiger partial charge in [0.2, 0.25) is 5.91 Å². The highest BCUT2D eigenvalue weighted by molar-refractivity contribution is 9.10. The van der Waals surface area contributed by atoms with E-state index in [0.717, 1.165) is 6.07 Å². The molecule has 18 heavy (non-hydrogen) atoms. The van der Waals surface area contributed by atoms with Crippen LogP contribution in [-0.2, 0) is 4.79 Å². The fourth-order valence-electron chi connectivity index (χ4n) is 1.20. The average molecular weight is 334 g/mol. The minimum Gasteiger partial charge on any atom is -0.322 e. The molecular weight excluding hydrogens is 322 g/mol. The van der Waals surface area contributed by atoms with Crippen molar-refractivity contribution in [1.82, 2.24) is 0 Å². The van der Waals surface area contributed by atoms with Crippen molar-refractivity contribution in [2.75, 3.05) is 5.32 Å². The SMILES string of the molecule is CCC(C)(C#N)C(=O)Nc1c(Cl)cc(F)cc1Br. The number of hydrogen-bond acceptors (Lipinski definition) is 2. The Morgan fingerprint density at radius 1 is 1.67 bits per heavy atom. The van der Waals surface area contributed by atoms with Gasteiger partial charge in [0.25, 0.3) is 0 Å². The van der Waals surface area contributed by atoms with E-state index in [1.165, 1.54) is 13.0 Å². The van der Waals surface area contributed by atoms with Crippen LogP contribution in [0.5, 0.6) is 0 Å². The topological polar surface area (TPSA) is 52.9 Å². The molecule has 1 unspecified atom stereocenters. The molecule has 1 N–H and O–H groups in total. The van der Waals surface area contributed by atoms with Crippen LogP contribution >= 0.6 is 27.5 Å². The third-order valence-electron chi connectivity index (χ3n) is 2.70. The third kappa shape index (κ3) is 3.01. The van der Waals surface area contributed by atoms with E-state index < -0.39 is 17.1 Å². The highest BCUT2D eigenvalue weighted by Crippen LogP contribution is 2.33. The molecule has 0 radical (unpaired) electrons. The minimum absolute atomic E-state index is 0.0756. The van der Waals surface area contributed by atoms with Crippen LogP contribution in [0.15, 0.2) is 16.6 Å². The van der Waals surface area contributed by atoms with Crippen LogP contribution in [0.4, 0.5) is 10.1 Å². The van der Waals surface area contributed by atoms with Crippen LogP contribution < -0.4 is 5.32 Å². The van der Waals surface area contributed by atoms with Crippen LogP contribution in [0.2, 0.25) is 5.02 Å². The zero-order valence-corrected chi connectivity index (χ0v) is 12.2. The second-order valence-corrected chi connectivity index (χ2v) is 5.26. The zero-order chi connectivity index (χ0) is 13.9. The third-order valence-corrected chi connectivity index (χ3v) is 3.62. The molecule has 96 valence electrons. The molecule has 3 nitrogen and oxygen atoms in total. The van der Waals surface area contributed by atoms with Gasteiger partial charge in [0, 0.05) is 4.47 Å². The Bertz CT molecular complexity index is 506. The van der Waals surface area contributed by atoms with E-state index in [1.54, 1.807) is 6.92 Å². The molecule has 0 saturated heterocycles. The van der Waals surface area contributed by atoms with Crippen molar-refractivity contribution in [2.45, 2.75) is 20.3 Å². The molecular formula is C12H11BrClFN2O. The molecule has 0 aromatic heterocycles. The normalized spacial score (nSPS) is 13.6. The number of amides is 1. The van der Waals surface area contributed by atoms with Crippen LogP contribution in [0.3, 0.4) is 0 Å². The molecule has 1 rings (SSSR count). The van der Waals surface area contributed by atoms with E-state index >= 15 is 0 Å². The number of carbonyl (C=O) groups is 1. The summed E-state index contributed by atoms with van der Waals surface area (Å²) < 4.78 is 13.4. The highest BCUT2D eigenvalue weighted by atomic mass is 79.9. The molecule has 1 amide bonds. The zero-order valence-electron chi connectivity index (χ0n) is 9.85. The molecule has 0 aliphatic carbocycles. The second-order valence-electron chi connectivity index (χ2n) is 4.00. The van der Waals surface area contributed by atoms with Gasteiger partial charge in [0.15, 0.2) is 0 Å². The average Bonchev–Trinajstić information content (AvgIpc) is 2.32. The summed E-state index contributed by atoms with van der Waals surface area (Å²) in [4.78, 5) is 12.0. The van der Waals surface area contributed by atoms with Gasteiger partial charge in [-0.2, -0.15) is 5.26 Å². The van der Waals surface area contributed by atoms with Gasteiger partial charge in [0.1, 0.15) is 11.2 Å². The Morgan fingerprint density at radius 2 is 2.28 bits per heavy atom. The first-order valence-electron chi connectivity index (χ1n) is 5.21. The van der Waals surface area contributed by atoms with Crippen molar-refractivity contribution in [3.8, 4) is 6.07 Å². The lowest BCUT2D eigenvalue weighted by atomic mass is 9.88. The lowest BCUT2D eigenvalue weighted by Gasteiger charge is -2.19. The molecule has 1 aromatic carbocycles. The Labute approximate surface area is 118 Å². The van der Waals surface area contributed by atoms with Crippen molar-refractivity contribution < 1.29 is 9.18 Å². The first-order valence-corrected chi connectivity index (χ1v) is 6.38. The van der Waals surface area contributed by atoms with Crippen molar-refractivity contribution in [2.24, 2.45) is 5.41 Å². The maximum Gasteiger partial charge on any atom is 0.244 e. The monoisotopic (exact) mass is 332 g/mol. The molecule has 0 saturated carbocycles. The number of benzene rings is 1. The first kappa shape index (κ1) is 14.9. The fraction of sp³-hybridized carbons (Fsp3) is 0.333. The molecule has 0 heterocycles. The van der Waals surface area contributed by atoms with Crippen LogP contribution in [0, 0.1) is 22.6 Å². The summed E-state index contributed by atoms with van der Waals surface area (Å²) in [7, 11) is 0. The molecule has 0 aliphatic heterocycles. The fourth-order valence-corrected chi connectivity index (χ4v) is 2.10. The summed E-state index contributed by atoms with van der Waals surface area (Å²) in [6.45, 7) is 3.28. The summed E-state index contributed by atoms with van der Waals surface area (Å²) in [6, 6.07) is 4.24. The van der Waals surface area contributed by atoms with Gasteiger partial charge in [-0.15, -0.1) is 0 Å². The van der Waals surface area contributed by atoms with E-state index in [4.69, 9.17) is 16.9 Å². The Morgan fingerprint density at radius 3 is 2.72 bits per heavy atom. The van der Waals surface area contributed by atoms with Crippen LogP contribution in [-0.4, -0.2) is 5.91 Å². The predicted molar refractivity (Wildman–Crippen MR) is 71.8 cm³/mol. The van der Waals surface area contributed by atoms with Crippen molar-refractivity contribution in [3.05, 3.63) is 27.4 Å². The van der Waals surface area contributed by atoms with Gasteiger partial charge in [-0.05, 0) is 41.4 Å². The van der Waals surface area contributed by atoms with E-state index in [9.17, 15) is 9.18 Å². The van der Waals surface area contributed by atoms with Crippen LogP contribution in [0.25, 0.3) is 0 Å². The molecule has 1 aromatic rings. The Hall–Kier alpha value is -1.12. The highest BCUT2D eigenvalue weighted by Gasteiger charge is 2.32. The van der Waals surface area contributed by atoms with Gasteiger partial charge in [0.05, 0.1) is 16.8 Å². The lowest BCUT2D eigenvalue weighted by Crippen LogP contribution is -2.31. The van der Waals surface area contributed by atoms with Gasteiger partial charge < -0.3 is 5.32 Å². The summed E-state index contributed by atoms with van der Waals surface area (Å²) in [5.41, 5.74) is -0.880. The summed E-state index contributed by atoms with van der Waals surface area (Å²) in [6.07, 6.45) is 0.367. The molecule has 0 aliphatic rings. The number of hydrogen-bond donors (Lipinski definition) is 1. The van der Waals surface area contributed by atoms with E-state index in [2.05, 4.69) is 21.2 Å². The Kier molecular flexibility index (Phi) is 4.71. The standard InChI is InChI=1S/C12H11BrClFN2O/c1-3-12(2,6-16)11(18)17-10-8(13)4-7(15)5-9(10)14/h4-5H,3H2,1-2H3,(H,17,18). The lowest BCUT2D eigenvalue weighted by molar-refractivity contribution is -0.122. The van der Waals surface area contributed by atoms with Gasteiger partial charge in [-0.1, -0.05) is 18.5 Å². The number of carbonyl (C=O) groups excluding carboxylic acids is 1. The van der Waals surface area contributed by atoms with E-state index in [1.807, 2.05) is 6.07 Å². The Balaban J connectivity index is 3.07. The van der Waals surface area contributed by atoms with Gasteiger partial charge in [-0.3, -0.25) is 4.79 Å². The molecule has 6 heteroatoms. The molecule has 0 spiro atoms. The number of anilines is 1. The molecule has 0 bridgehead atoms.